The predicted octanol–water partition coefficient (Wildman–Crippen LogP) is 1.65. The van der Waals surface area contributed by atoms with Crippen LogP contribution in [0.15, 0.2) is 95.3 Å². The second-order valence-corrected chi connectivity index (χ2v) is 28.9. The molecule has 1 aliphatic heterocycles. The van der Waals surface area contributed by atoms with Crippen molar-refractivity contribution in [3.63, 3.8) is 0 Å². The molecule has 0 saturated carbocycles. The van der Waals surface area contributed by atoms with Gasteiger partial charge in [-0.1, -0.05) is 165 Å². The minimum absolute atomic E-state index is 0.00190. The molecule has 25 N–H and O–H groups in total. The summed E-state index contributed by atoms with van der Waals surface area (Å²) < 4.78 is 11.1. The average molecular weight is 1600 g/mol. The summed E-state index contributed by atoms with van der Waals surface area (Å²) in [5.74, 6) is -8.63. The van der Waals surface area contributed by atoms with Gasteiger partial charge in [0, 0.05) is 80.4 Å². The Morgan fingerprint density at radius 1 is 0.579 bits per heavy atom. The Balaban J connectivity index is 1.52. The first-order valence-electron chi connectivity index (χ1n) is 40.4. The normalized spacial score (nSPS) is 18.4. The fourth-order valence-corrected chi connectivity index (χ4v) is 12.9. The third-order valence-corrected chi connectivity index (χ3v) is 19.3. The van der Waals surface area contributed by atoms with Crippen LogP contribution in [-0.4, -0.2) is 201 Å². The molecule has 2 aromatic carbocycles. The Morgan fingerprint density at radius 3 is 1.79 bits per heavy atom. The maximum absolute atomic E-state index is 14.9. The highest BCUT2D eigenvalue weighted by Crippen LogP contribution is 2.21. The third-order valence-electron chi connectivity index (χ3n) is 19.3. The standard InChI is InChI=1S/C80H130N20O14/c1-5-7-9-10-11-12-13-14-15-16-17-18-22-37-69(103)88-43-44-113-45-46-114-52-71(105)93-61(35-27-41-89-79(83)84)72(106)100-67(51-101)78(112)97-62(32-8-6-2)73(107)95-59-38-39-70(104)87-40-26-25-33-58(53(3)81)94-76(110)65(48-56-50-91-60-34-24-23-31-57(56)60)99-74(108)63(36-28-42-90-80(85)86)96-75(109)64(47-55-29-20-19-21-30-55)98-77(111)66(49-68(82)102)92-54(59)4/h19-21,23-24,29-31,34,50,58-59,61-67,91-92,101H,3-18,22,25-28,32-33,35-49,51-52,81H2,1-2H3,(H2,82,102)(H,87,104)(H,88,103)(H,93,105)(H,94,110)(H,95,107)(H,96,109)(H,97,112)(H,98,111)(H,99,108)(H,100,106)(H4,83,84,89)(H4,85,86,90)/t58-,59-,61-,62-,63-,64+,65-,66-,67-/m0/s1. The number of aliphatic imine (C=N–C) groups is 2. The van der Waals surface area contributed by atoms with E-state index < -0.39 is 133 Å². The molecule has 2 heterocycles. The summed E-state index contributed by atoms with van der Waals surface area (Å²) in [5, 5.41) is 41.9. The van der Waals surface area contributed by atoms with Gasteiger partial charge >= 0.3 is 0 Å². The summed E-state index contributed by atoms with van der Waals surface area (Å²) in [5.41, 5.74) is 36.5. The number of fused-ring (bicyclic) bond motifs is 1. The molecule has 1 aliphatic rings. The number of primary amides is 1. The number of hydrogen-bond acceptors (Lipinski definition) is 18. The molecule has 0 bridgehead atoms. The van der Waals surface area contributed by atoms with E-state index in [9.17, 15) is 57.8 Å². The van der Waals surface area contributed by atoms with Crippen LogP contribution in [0.4, 0.5) is 0 Å². The van der Waals surface area contributed by atoms with Crippen molar-refractivity contribution in [1.82, 2.24) is 63.5 Å². The van der Waals surface area contributed by atoms with Crippen molar-refractivity contribution in [1.29, 1.82) is 0 Å². The number of H-pyrrole nitrogens is 1. The van der Waals surface area contributed by atoms with Gasteiger partial charge in [-0.25, -0.2) is 0 Å². The number of benzene rings is 2. The minimum atomic E-state index is -1.69. The number of unbranched alkanes of at least 4 members (excludes halogenated alkanes) is 13. The molecule has 0 spiro atoms. The van der Waals surface area contributed by atoms with Crippen LogP contribution >= 0.6 is 0 Å². The van der Waals surface area contributed by atoms with Gasteiger partial charge in [0.25, 0.3) is 0 Å². The summed E-state index contributed by atoms with van der Waals surface area (Å²) in [6, 6.07) is 3.73. The van der Waals surface area contributed by atoms with Crippen molar-refractivity contribution in [2.75, 3.05) is 59.2 Å². The van der Waals surface area contributed by atoms with Crippen molar-refractivity contribution in [3.8, 4) is 0 Å². The zero-order valence-electron chi connectivity index (χ0n) is 66.9. The Kier molecular flexibility index (Phi) is 47.2. The van der Waals surface area contributed by atoms with Gasteiger partial charge in [0.05, 0.1) is 44.9 Å². The van der Waals surface area contributed by atoms with Gasteiger partial charge in [0.1, 0.15) is 48.9 Å². The molecule has 1 saturated heterocycles. The molecule has 3 aromatic rings. The molecule has 0 radical (unpaired) electrons. The number of rotatable bonds is 48. The van der Waals surface area contributed by atoms with Crippen LogP contribution < -0.4 is 92.9 Å². The minimum Gasteiger partial charge on any atom is -0.401 e. The van der Waals surface area contributed by atoms with Crippen LogP contribution in [-0.2, 0) is 75.1 Å². The highest BCUT2D eigenvalue weighted by atomic mass is 16.5. The van der Waals surface area contributed by atoms with E-state index in [4.69, 9.17) is 43.9 Å². The number of aliphatic hydroxyl groups excluding tert-OH is 1. The second-order valence-electron chi connectivity index (χ2n) is 28.9. The van der Waals surface area contributed by atoms with Crippen LogP contribution in [0.5, 0.6) is 0 Å². The van der Waals surface area contributed by atoms with E-state index in [1.54, 1.807) is 36.5 Å². The molecular formula is C80H130N20O14. The Hall–Kier alpha value is -10.4. The molecule has 634 valence electrons. The maximum atomic E-state index is 14.9. The highest BCUT2D eigenvalue weighted by molar-refractivity contribution is 5.97. The van der Waals surface area contributed by atoms with Gasteiger partial charge in [-0.05, 0) is 81.4 Å². The zero-order valence-corrected chi connectivity index (χ0v) is 66.9. The van der Waals surface area contributed by atoms with E-state index in [0.717, 1.165) is 30.2 Å². The largest absolute Gasteiger partial charge is 0.401 e. The molecule has 34 nitrogen and oxygen atoms in total. The number of carbonyl (C=O) groups excluding carboxylic acids is 11. The highest BCUT2D eigenvalue weighted by Gasteiger charge is 2.36. The molecule has 0 aliphatic carbocycles. The number of ether oxygens (including phenoxy) is 2. The number of nitrogens with zero attached hydrogens (tertiary/aromatic N) is 2. The lowest BCUT2D eigenvalue weighted by Gasteiger charge is -2.30. The van der Waals surface area contributed by atoms with Crippen molar-refractivity contribution in [2.45, 2.75) is 254 Å². The van der Waals surface area contributed by atoms with Crippen molar-refractivity contribution in [2.24, 2.45) is 44.4 Å². The number of nitrogens with two attached hydrogens (primary N) is 6. The van der Waals surface area contributed by atoms with E-state index in [2.05, 4.69) is 93.5 Å². The molecule has 11 amide bonds. The molecular weight excluding hydrogens is 1470 g/mol. The zero-order chi connectivity index (χ0) is 83.4. The number of hydrogen-bond donors (Lipinski definition) is 19. The van der Waals surface area contributed by atoms with E-state index in [1.807, 2.05) is 31.2 Å². The van der Waals surface area contributed by atoms with Crippen LogP contribution in [0.25, 0.3) is 10.9 Å². The molecule has 114 heavy (non-hydrogen) atoms. The first-order valence-corrected chi connectivity index (χ1v) is 40.4. The van der Waals surface area contributed by atoms with Crippen LogP contribution in [0.1, 0.15) is 198 Å². The third kappa shape index (κ3) is 39.9. The van der Waals surface area contributed by atoms with Crippen LogP contribution in [0, 0.1) is 0 Å². The lowest BCUT2D eigenvalue weighted by Crippen LogP contribution is -2.60. The summed E-state index contributed by atoms with van der Waals surface area (Å²) in [6.07, 6.45) is 18.7. The summed E-state index contributed by atoms with van der Waals surface area (Å²) >= 11 is 0. The quantitative estimate of drug-likeness (QED) is 0.0217. The summed E-state index contributed by atoms with van der Waals surface area (Å²) in [4.78, 5) is 166. The number of para-hydroxylation sites is 1. The predicted molar refractivity (Wildman–Crippen MR) is 438 cm³/mol. The first-order chi connectivity index (χ1) is 54.8. The van der Waals surface area contributed by atoms with Gasteiger partial charge in [-0.15, -0.1) is 0 Å². The number of nitrogens with one attached hydrogen (secondary N) is 12. The van der Waals surface area contributed by atoms with E-state index in [1.165, 1.54) is 64.2 Å². The van der Waals surface area contributed by atoms with Gasteiger partial charge < -0.3 is 112 Å². The number of amides is 11. The smallest absolute Gasteiger partial charge is 0.246 e. The molecule has 4 rings (SSSR count). The van der Waals surface area contributed by atoms with Crippen molar-refractivity contribution >= 4 is 87.8 Å². The molecule has 0 unspecified atom stereocenters. The van der Waals surface area contributed by atoms with Crippen LogP contribution in [0.2, 0.25) is 0 Å². The fraction of sp³-hybridized carbons (Fsp3) is 0.613. The molecule has 34 heteroatoms. The Morgan fingerprint density at radius 2 is 1.14 bits per heavy atom. The number of carbonyl (C=O) groups is 11. The van der Waals surface area contributed by atoms with Gasteiger partial charge in [0.2, 0.25) is 65.0 Å². The van der Waals surface area contributed by atoms with Gasteiger partial charge in [-0.3, -0.25) is 62.7 Å². The van der Waals surface area contributed by atoms with Crippen molar-refractivity contribution < 1.29 is 67.3 Å². The summed E-state index contributed by atoms with van der Waals surface area (Å²) in [7, 11) is 0. The van der Waals surface area contributed by atoms with Crippen molar-refractivity contribution in [3.05, 3.63) is 96.5 Å². The van der Waals surface area contributed by atoms with Crippen LogP contribution in [0.3, 0.4) is 0 Å². The van der Waals surface area contributed by atoms with E-state index in [-0.39, 0.29) is 133 Å². The van der Waals surface area contributed by atoms with Gasteiger partial charge in [-0.2, -0.15) is 0 Å². The number of aromatic amines is 1. The second kappa shape index (κ2) is 56.0. The monoisotopic (exact) mass is 1600 g/mol. The van der Waals surface area contributed by atoms with Gasteiger partial charge in [0.15, 0.2) is 11.9 Å². The molecule has 1 fully saturated rings. The molecule has 1 aromatic heterocycles. The summed E-state index contributed by atoms with van der Waals surface area (Å²) in [6.45, 7) is 11.5. The number of aliphatic hydroxyl groups is 1. The Bertz CT molecular complexity index is 3550. The lowest BCUT2D eigenvalue weighted by atomic mass is 10.0. The molecule has 9 atom stereocenters. The number of guanidine groups is 2. The Labute approximate surface area is 670 Å². The average Bonchev–Trinajstić information content (AvgIpc) is 1.66. The maximum Gasteiger partial charge on any atom is 0.246 e. The first kappa shape index (κ1) is 96.0. The van der Waals surface area contributed by atoms with E-state index in [0.29, 0.717) is 49.8 Å². The fourth-order valence-electron chi connectivity index (χ4n) is 12.9. The SMILES string of the molecule is C=C(N)[C@@H]1CCCCNC(=O)CC[C@H](NC(=O)[C@H](CCCC)NC(=O)[C@H](CO)NC(=O)[C@H](CCCN=C(N)N)NC(=O)COCCOCCNC(=O)CCCCCCCCCCCCCCC)C(=C)N[C@@H](CC(N)=O)C(=O)N[C@H](Cc2ccccc2)C(=O)N[C@@H](CCCN=C(N)N)C(=O)N[C@@H](Cc2c[nH]c3ccccc23)C(=O)N1. The number of aromatic nitrogens is 1. The lowest BCUT2D eigenvalue weighted by molar-refractivity contribution is -0.135. The topological polar surface area (TPSA) is 555 Å². The van der Waals surface area contributed by atoms with E-state index >= 15 is 0 Å².